The minimum atomic E-state index is -2.58. The van der Waals surface area contributed by atoms with Gasteiger partial charge in [0.15, 0.2) is 0 Å². The lowest BCUT2D eigenvalue weighted by atomic mass is 10.1. The zero-order valence-electron chi connectivity index (χ0n) is 13.8. The Morgan fingerprint density at radius 3 is 2.68 bits per heavy atom. The highest BCUT2D eigenvalue weighted by Crippen LogP contribution is 2.25. The number of aromatic nitrogens is 1. The number of ether oxygens (including phenoxy) is 1. The van der Waals surface area contributed by atoms with Gasteiger partial charge in [0, 0.05) is 30.5 Å². The number of carbonyl (C=O) groups is 1. The highest BCUT2D eigenvalue weighted by Gasteiger charge is 2.19. The normalized spacial score (nSPS) is 14.6. The summed E-state index contributed by atoms with van der Waals surface area (Å²) in [6.07, 6.45) is -1.48. The number of amides is 1. The summed E-state index contributed by atoms with van der Waals surface area (Å²) in [5.41, 5.74) is 1.60. The molecule has 1 aromatic heterocycles. The molecule has 1 fully saturated rings. The van der Waals surface area contributed by atoms with Crippen LogP contribution in [0, 0.1) is 6.92 Å². The van der Waals surface area contributed by atoms with Gasteiger partial charge < -0.3 is 15.0 Å². The zero-order chi connectivity index (χ0) is 17.8. The van der Waals surface area contributed by atoms with Crippen LogP contribution in [-0.2, 0) is 4.74 Å². The van der Waals surface area contributed by atoms with Crippen LogP contribution in [0.5, 0.6) is 0 Å². The summed E-state index contributed by atoms with van der Waals surface area (Å²) in [7, 11) is 0. The molecule has 0 aliphatic carbocycles. The average Bonchev–Trinajstić information content (AvgIpc) is 2.62. The Balaban J connectivity index is 1.81. The van der Waals surface area contributed by atoms with Gasteiger partial charge in [-0.2, -0.15) is 0 Å². The second-order valence-corrected chi connectivity index (χ2v) is 5.80. The lowest BCUT2D eigenvalue weighted by molar-refractivity contribution is 0.102. The summed E-state index contributed by atoms with van der Waals surface area (Å²) in [5.74, 6) is -0.0672. The fourth-order valence-corrected chi connectivity index (χ4v) is 2.79. The topological polar surface area (TPSA) is 54.5 Å². The molecule has 3 rings (SSSR count). The van der Waals surface area contributed by atoms with Gasteiger partial charge >= 0.3 is 0 Å². The van der Waals surface area contributed by atoms with Crippen LogP contribution in [0.2, 0.25) is 0 Å². The number of aryl methyl sites for hydroxylation is 1. The molecule has 5 nitrogen and oxygen atoms in total. The van der Waals surface area contributed by atoms with Crippen LogP contribution in [0.15, 0.2) is 36.5 Å². The van der Waals surface area contributed by atoms with E-state index in [1.165, 1.54) is 6.07 Å². The van der Waals surface area contributed by atoms with Gasteiger partial charge in [-0.25, -0.2) is 13.8 Å². The highest BCUT2D eigenvalue weighted by molar-refractivity contribution is 6.07. The van der Waals surface area contributed by atoms with Gasteiger partial charge in [-0.1, -0.05) is 12.1 Å². The van der Waals surface area contributed by atoms with Crippen LogP contribution in [0.3, 0.4) is 0 Å². The first-order valence-electron chi connectivity index (χ1n) is 8.04. The number of rotatable bonds is 4. The average molecular weight is 347 g/mol. The molecule has 1 amide bonds. The number of benzene rings is 1. The van der Waals surface area contributed by atoms with E-state index < -0.39 is 6.43 Å². The SMILES string of the molecule is Cc1cc(NC(=O)c2ccccc2N2CCOCC2)ncc1C(F)F. The third-order valence-electron chi connectivity index (χ3n) is 4.13. The third-order valence-corrected chi connectivity index (χ3v) is 4.13. The van der Waals surface area contributed by atoms with E-state index in [9.17, 15) is 13.6 Å². The quantitative estimate of drug-likeness (QED) is 0.921. The number of morpholine rings is 1. The minimum Gasteiger partial charge on any atom is -0.378 e. The van der Waals surface area contributed by atoms with Crippen molar-refractivity contribution < 1.29 is 18.3 Å². The van der Waals surface area contributed by atoms with Crippen molar-refractivity contribution in [1.82, 2.24) is 4.98 Å². The molecular formula is C18H19F2N3O2. The van der Waals surface area contributed by atoms with Crippen molar-refractivity contribution in [2.45, 2.75) is 13.3 Å². The Morgan fingerprint density at radius 1 is 1.28 bits per heavy atom. The summed E-state index contributed by atoms with van der Waals surface area (Å²) in [4.78, 5) is 18.7. The summed E-state index contributed by atoms with van der Waals surface area (Å²) < 4.78 is 31.0. The molecule has 0 radical (unpaired) electrons. The monoisotopic (exact) mass is 347 g/mol. The van der Waals surface area contributed by atoms with E-state index in [4.69, 9.17) is 4.74 Å². The highest BCUT2D eigenvalue weighted by atomic mass is 19.3. The minimum absolute atomic E-state index is 0.133. The van der Waals surface area contributed by atoms with E-state index >= 15 is 0 Å². The van der Waals surface area contributed by atoms with Crippen molar-refractivity contribution in [2.24, 2.45) is 0 Å². The number of halogens is 2. The molecule has 0 saturated carbocycles. The summed E-state index contributed by atoms with van der Waals surface area (Å²) in [6.45, 7) is 4.23. The Labute approximate surface area is 144 Å². The molecular weight excluding hydrogens is 328 g/mol. The van der Waals surface area contributed by atoms with Crippen LogP contribution < -0.4 is 10.2 Å². The van der Waals surface area contributed by atoms with Crippen molar-refractivity contribution in [1.29, 1.82) is 0 Å². The number of hydrogen-bond donors (Lipinski definition) is 1. The lowest BCUT2D eigenvalue weighted by Crippen LogP contribution is -2.37. The molecule has 132 valence electrons. The fraction of sp³-hybridized carbons (Fsp3) is 0.333. The number of nitrogens with one attached hydrogen (secondary N) is 1. The van der Waals surface area contributed by atoms with Crippen molar-refractivity contribution in [3.8, 4) is 0 Å². The fourth-order valence-electron chi connectivity index (χ4n) is 2.79. The number of pyridine rings is 1. The summed E-state index contributed by atoms with van der Waals surface area (Å²) in [5, 5.41) is 2.69. The van der Waals surface area contributed by atoms with Gasteiger partial charge in [0.25, 0.3) is 12.3 Å². The molecule has 0 unspecified atom stereocenters. The largest absolute Gasteiger partial charge is 0.378 e. The van der Waals surface area contributed by atoms with E-state index in [0.29, 0.717) is 37.4 Å². The Bertz CT molecular complexity index is 762. The number of carbonyl (C=O) groups excluding carboxylic acids is 1. The van der Waals surface area contributed by atoms with Crippen molar-refractivity contribution >= 4 is 17.4 Å². The van der Waals surface area contributed by atoms with E-state index in [1.54, 1.807) is 19.1 Å². The van der Waals surface area contributed by atoms with E-state index in [0.717, 1.165) is 11.9 Å². The predicted octanol–water partition coefficient (Wildman–Crippen LogP) is 3.42. The Hall–Kier alpha value is -2.54. The van der Waals surface area contributed by atoms with Gasteiger partial charge in [0.2, 0.25) is 0 Å². The molecule has 0 bridgehead atoms. The molecule has 7 heteroatoms. The predicted molar refractivity (Wildman–Crippen MR) is 91.4 cm³/mol. The number of para-hydroxylation sites is 1. The molecule has 1 aliphatic heterocycles. The molecule has 1 aromatic carbocycles. The van der Waals surface area contributed by atoms with E-state index in [2.05, 4.69) is 15.2 Å². The van der Waals surface area contributed by atoms with Gasteiger partial charge in [-0.05, 0) is 30.7 Å². The molecule has 1 saturated heterocycles. The number of anilines is 2. The van der Waals surface area contributed by atoms with Gasteiger partial charge in [0.1, 0.15) is 5.82 Å². The van der Waals surface area contributed by atoms with Crippen LogP contribution in [-0.4, -0.2) is 37.2 Å². The van der Waals surface area contributed by atoms with Crippen LogP contribution in [0.4, 0.5) is 20.3 Å². The number of hydrogen-bond acceptors (Lipinski definition) is 4. The van der Waals surface area contributed by atoms with Crippen molar-refractivity contribution in [2.75, 3.05) is 36.5 Å². The number of alkyl halides is 2. The van der Waals surface area contributed by atoms with Gasteiger partial charge in [0.05, 0.1) is 18.8 Å². The van der Waals surface area contributed by atoms with E-state index in [-0.39, 0.29) is 17.3 Å². The first-order valence-corrected chi connectivity index (χ1v) is 8.04. The maximum Gasteiger partial charge on any atom is 0.265 e. The molecule has 1 N–H and O–H groups in total. The molecule has 0 spiro atoms. The molecule has 2 aromatic rings. The number of nitrogens with zero attached hydrogens (tertiary/aromatic N) is 2. The van der Waals surface area contributed by atoms with Gasteiger partial charge in [-0.3, -0.25) is 4.79 Å². The molecule has 0 atom stereocenters. The van der Waals surface area contributed by atoms with Crippen LogP contribution >= 0.6 is 0 Å². The first kappa shape index (κ1) is 17.3. The molecule has 1 aliphatic rings. The lowest BCUT2D eigenvalue weighted by Gasteiger charge is -2.30. The van der Waals surface area contributed by atoms with Crippen molar-refractivity contribution in [3.05, 3.63) is 53.2 Å². The third kappa shape index (κ3) is 3.93. The van der Waals surface area contributed by atoms with Crippen LogP contribution in [0.25, 0.3) is 0 Å². The Morgan fingerprint density at radius 2 is 2.00 bits per heavy atom. The Kier molecular flexibility index (Phi) is 5.23. The second kappa shape index (κ2) is 7.57. The maximum atomic E-state index is 12.8. The van der Waals surface area contributed by atoms with Gasteiger partial charge in [-0.15, -0.1) is 0 Å². The summed E-state index contributed by atoms with van der Waals surface area (Å²) >= 11 is 0. The van der Waals surface area contributed by atoms with E-state index in [1.807, 2.05) is 12.1 Å². The van der Waals surface area contributed by atoms with Crippen molar-refractivity contribution in [3.63, 3.8) is 0 Å². The maximum absolute atomic E-state index is 12.8. The molecule has 2 heterocycles. The second-order valence-electron chi connectivity index (χ2n) is 5.80. The first-order chi connectivity index (χ1) is 12.1. The zero-order valence-corrected chi connectivity index (χ0v) is 13.8. The summed E-state index contributed by atoms with van der Waals surface area (Å²) in [6, 6.07) is 8.74. The smallest absolute Gasteiger partial charge is 0.265 e. The standard InChI is InChI=1S/C18H19F2N3O2/c1-12-10-16(21-11-14(12)17(19)20)22-18(24)13-4-2-3-5-15(13)23-6-8-25-9-7-23/h2-5,10-11,17H,6-9H2,1H3,(H,21,22,24). The van der Waals surface area contributed by atoms with Crippen LogP contribution in [0.1, 0.15) is 27.9 Å². The molecule has 25 heavy (non-hydrogen) atoms.